The van der Waals surface area contributed by atoms with Crippen molar-refractivity contribution in [2.75, 3.05) is 30.4 Å². The maximum absolute atomic E-state index is 14.1. The third-order valence-corrected chi connectivity index (χ3v) is 5.72. The number of aliphatic imine (C=N–C) groups is 1. The lowest BCUT2D eigenvalue weighted by atomic mass is 10.1. The molecule has 172 valence electrons. The van der Waals surface area contributed by atoms with Gasteiger partial charge in [0.2, 0.25) is 5.91 Å². The van der Waals surface area contributed by atoms with Gasteiger partial charge in [-0.1, -0.05) is 32.0 Å². The van der Waals surface area contributed by atoms with Crippen LogP contribution in [0.5, 0.6) is 0 Å². The highest BCUT2D eigenvalue weighted by atomic mass is 19.1. The fourth-order valence-electron chi connectivity index (χ4n) is 3.66. The van der Waals surface area contributed by atoms with Gasteiger partial charge in [-0.15, -0.1) is 0 Å². The van der Waals surface area contributed by atoms with Crippen LogP contribution in [0, 0.1) is 17.6 Å². The van der Waals surface area contributed by atoms with Crippen molar-refractivity contribution in [2.24, 2.45) is 10.9 Å². The predicted molar refractivity (Wildman–Crippen MR) is 125 cm³/mol. The minimum atomic E-state index is -0.548. The molecule has 2 unspecified atom stereocenters. The molecule has 0 bridgehead atoms. The molecule has 0 radical (unpaired) electrons. The van der Waals surface area contributed by atoms with Crippen molar-refractivity contribution in [2.45, 2.75) is 39.3 Å². The van der Waals surface area contributed by atoms with Gasteiger partial charge < -0.3 is 20.9 Å². The number of guanidine groups is 1. The first-order valence-corrected chi connectivity index (χ1v) is 11.0. The van der Waals surface area contributed by atoms with Crippen LogP contribution in [0.3, 0.4) is 0 Å². The van der Waals surface area contributed by atoms with Gasteiger partial charge in [-0.2, -0.15) is 0 Å². The molecule has 2 aromatic carbocycles. The fraction of sp³-hybridized carbons (Fsp3) is 0.417. The maximum Gasteiger partial charge on any atom is 0.227 e. The van der Waals surface area contributed by atoms with Gasteiger partial charge in [0.05, 0.1) is 0 Å². The van der Waals surface area contributed by atoms with E-state index in [1.165, 1.54) is 18.2 Å². The summed E-state index contributed by atoms with van der Waals surface area (Å²) in [5.41, 5.74) is 1.78. The summed E-state index contributed by atoms with van der Waals surface area (Å²) < 4.78 is 28.2. The first-order valence-electron chi connectivity index (χ1n) is 11.0. The Labute approximate surface area is 188 Å². The van der Waals surface area contributed by atoms with Gasteiger partial charge in [-0.25, -0.2) is 8.78 Å². The summed E-state index contributed by atoms with van der Waals surface area (Å²) in [6.07, 6.45) is 1.53. The number of carbonyl (C=O) groups excluding carboxylic acids is 1. The van der Waals surface area contributed by atoms with Crippen LogP contribution < -0.4 is 20.9 Å². The third-order valence-electron chi connectivity index (χ3n) is 5.72. The number of para-hydroxylation sites is 1. The molecule has 1 aliphatic heterocycles. The number of rotatable bonds is 7. The lowest BCUT2D eigenvalue weighted by Gasteiger charge is -2.21. The smallest absolute Gasteiger partial charge is 0.227 e. The molecular weight excluding hydrogens is 412 g/mol. The molecule has 6 nitrogen and oxygen atoms in total. The van der Waals surface area contributed by atoms with Crippen LogP contribution in [-0.4, -0.2) is 38.0 Å². The molecule has 0 aromatic heterocycles. The molecule has 1 fully saturated rings. The second-order valence-corrected chi connectivity index (χ2v) is 8.07. The fourth-order valence-corrected chi connectivity index (χ4v) is 3.66. The first kappa shape index (κ1) is 23.5. The van der Waals surface area contributed by atoms with E-state index >= 15 is 0 Å². The number of nitrogens with one attached hydrogen (secondary N) is 3. The first-order chi connectivity index (χ1) is 15.4. The maximum atomic E-state index is 14.1. The monoisotopic (exact) mass is 443 g/mol. The van der Waals surface area contributed by atoms with Crippen molar-refractivity contribution in [1.29, 1.82) is 0 Å². The summed E-state index contributed by atoms with van der Waals surface area (Å²) in [5.74, 6) is -0.516. The normalized spacial score (nSPS) is 17.2. The van der Waals surface area contributed by atoms with E-state index in [1.54, 1.807) is 11.9 Å². The van der Waals surface area contributed by atoms with E-state index in [0.29, 0.717) is 25.6 Å². The minimum absolute atomic E-state index is 0.00663. The molecular formula is C24H31F2N5O. The standard InChI is InChI=1S/C24H31F2N5O/c1-4-16(2)23(32)29-18-8-5-7-17(13-18)14-28-24(27-3)30-19-11-12-31(15-19)22-20(25)9-6-10-21(22)26/h5-10,13,16,19H,4,11-12,14-15H2,1-3H3,(H,29,32)(H2,27,28,30). The lowest BCUT2D eigenvalue weighted by Crippen LogP contribution is -2.44. The molecule has 0 aliphatic carbocycles. The van der Waals surface area contributed by atoms with Crippen molar-refractivity contribution in [3.63, 3.8) is 0 Å². The Balaban J connectivity index is 1.54. The summed E-state index contributed by atoms with van der Waals surface area (Å²) in [6, 6.07) is 11.6. The predicted octanol–water partition coefficient (Wildman–Crippen LogP) is 3.89. The van der Waals surface area contributed by atoms with Crippen molar-refractivity contribution >= 4 is 23.2 Å². The molecule has 1 amide bonds. The third kappa shape index (κ3) is 5.96. The average molecular weight is 444 g/mol. The topological polar surface area (TPSA) is 68.8 Å². The lowest BCUT2D eigenvalue weighted by molar-refractivity contribution is -0.119. The largest absolute Gasteiger partial charge is 0.365 e. The van der Waals surface area contributed by atoms with Crippen molar-refractivity contribution in [1.82, 2.24) is 10.6 Å². The molecule has 32 heavy (non-hydrogen) atoms. The Morgan fingerprint density at radius 3 is 2.62 bits per heavy atom. The summed E-state index contributed by atoms with van der Waals surface area (Å²) in [6.45, 7) is 5.45. The van der Waals surface area contributed by atoms with E-state index in [9.17, 15) is 13.6 Å². The summed E-state index contributed by atoms with van der Waals surface area (Å²) in [4.78, 5) is 18.1. The van der Waals surface area contributed by atoms with Gasteiger partial charge in [0.1, 0.15) is 17.3 Å². The number of amides is 1. The number of nitrogens with zero attached hydrogens (tertiary/aromatic N) is 2. The molecule has 1 saturated heterocycles. The van der Waals surface area contributed by atoms with E-state index in [0.717, 1.165) is 24.1 Å². The number of halogens is 2. The van der Waals surface area contributed by atoms with Crippen LogP contribution in [0.15, 0.2) is 47.5 Å². The van der Waals surface area contributed by atoms with E-state index in [4.69, 9.17) is 0 Å². The highest BCUT2D eigenvalue weighted by molar-refractivity contribution is 5.92. The number of benzene rings is 2. The number of anilines is 2. The molecule has 0 spiro atoms. The van der Waals surface area contributed by atoms with Crippen LogP contribution >= 0.6 is 0 Å². The van der Waals surface area contributed by atoms with Crippen LogP contribution in [-0.2, 0) is 11.3 Å². The molecule has 3 rings (SSSR count). The van der Waals surface area contributed by atoms with Gasteiger partial charge >= 0.3 is 0 Å². The zero-order chi connectivity index (χ0) is 23.1. The highest BCUT2D eigenvalue weighted by Crippen LogP contribution is 2.26. The zero-order valence-corrected chi connectivity index (χ0v) is 18.8. The van der Waals surface area contributed by atoms with Crippen molar-refractivity contribution < 1.29 is 13.6 Å². The van der Waals surface area contributed by atoms with E-state index in [1.807, 2.05) is 38.1 Å². The van der Waals surface area contributed by atoms with Gasteiger partial charge in [0, 0.05) is 44.3 Å². The molecule has 1 heterocycles. The Morgan fingerprint density at radius 1 is 1.22 bits per heavy atom. The molecule has 1 aliphatic rings. The van der Waals surface area contributed by atoms with E-state index < -0.39 is 11.6 Å². The number of carbonyl (C=O) groups is 1. The highest BCUT2D eigenvalue weighted by Gasteiger charge is 2.27. The number of hydrogen-bond acceptors (Lipinski definition) is 3. The van der Waals surface area contributed by atoms with Crippen LogP contribution in [0.2, 0.25) is 0 Å². The summed E-state index contributed by atoms with van der Waals surface area (Å²) in [7, 11) is 1.68. The molecule has 3 N–H and O–H groups in total. The average Bonchev–Trinajstić information content (AvgIpc) is 3.24. The van der Waals surface area contributed by atoms with Crippen molar-refractivity contribution in [3.05, 3.63) is 59.7 Å². The molecule has 2 atom stereocenters. The number of hydrogen-bond donors (Lipinski definition) is 3. The van der Waals surface area contributed by atoms with E-state index in [-0.39, 0.29) is 23.6 Å². The Bertz CT molecular complexity index is 945. The van der Waals surface area contributed by atoms with Crippen LogP contribution in [0.25, 0.3) is 0 Å². The van der Waals surface area contributed by atoms with Crippen LogP contribution in [0.1, 0.15) is 32.3 Å². The second kappa shape index (κ2) is 10.9. The van der Waals surface area contributed by atoms with Gasteiger partial charge in [-0.05, 0) is 42.7 Å². The Hall–Kier alpha value is -3.16. The summed E-state index contributed by atoms with van der Waals surface area (Å²) >= 11 is 0. The zero-order valence-electron chi connectivity index (χ0n) is 18.8. The Morgan fingerprint density at radius 2 is 1.94 bits per heavy atom. The quantitative estimate of drug-likeness (QED) is 0.449. The minimum Gasteiger partial charge on any atom is -0.365 e. The van der Waals surface area contributed by atoms with Gasteiger partial charge in [0.25, 0.3) is 0 Å². The Kier molecular flexibility index (Phi) is 8.03. The second-order valence-electron chi connectivity index (χ2n) is 8.07. The molecule has 2 aromatic rings. The van der Waals surface area contributed by atoms with Crippen LogP contribution in [0.4, 0.5) is 20.2 Å². The molecule has 8 heteroatoms. The summed E-state index contributed by atoms with van der Waals surface area (Å²) in [5, 5.41) is 9.53. The van der Waals surface area contributed by atoms with Crippen molar-refractivity contribution in [3.8, 4) is 0 Å². The SMILES string of the molecule is CCC(C)C(=O)Nc1cccc(CNC(=NC)NC2CCN(c3c(F)cccc3F)C2)c1. The van der Waals surface area contributed by atoms with Gasteiger partial charge in [0.15, 0.2) is 5.96 Å². The van der Waals surface area contributed by atoms with Gasteiger partial charge in [-0.3, -0.25) is 9.79 Å². The van der Waals surface area contributed by atoms with E-state index in [2.05, 4.69) is 20.9 Å². The molecule has 0 saturated carbocycles.